The topological polar surface area (TPSA) is 56.2 Å². The summed E-state index contributed by atoms with van der Waals surface area (Å²) in [5, 5.41) is 10.4. The van der Waals surface area contributed by atoms with Gasteiger partial charge in [0.25, 0.3) is 0 Å². The first kappa shape index (κ1) is 22.9. The van der Waals surface area contributed by atoms with E-state index < -0.39 is 0 Å². The summed E-state index contributed by atoms with van der Waals surface area (Å²) in [5.41, 5.74) is 8.28. The van der Waals surface area contributed by atoms with Crippen LogP contribution in [-0.2, 0) is 5.41 Å². The molecule has 0 aliphatic heterocycles. The van der Waals surface area contributed by atoms with Crippen molar-refractivity contribution in [2.45, 2.75) is 26.2 Å². The Hall–Kier alpha value is -5.03. The average Bonchev–Trinajstić information content (AvgIpc) is 3.62. The maximum absolute atomic E-state index is 6.28. The largest absolute Gasteiger partial charge is 0.437 e. The van der Waals surface area contributed by atoms with Crippen molar-refractivity contribution < 1.29 is 4.42 Å². The van der Waals surface area contributed by atoms with Crippen LogP contribution in [0.25, 0.3) is 60.5 Å². The van der Waals surface area contributed by atoms with Crippen LogP contribution in [0, 0.1) is 6.92 Å². The molecular formula is C35H26N4O. The molecule has 0 fully saturated rings. The van der Waals surface area contributed by atoms with Crippen LogP contribution < -0.4 is 0 Å². The van der Waals surface area contributed by atoms with Gasteiger partial charge in [0.2, 0.25) is 5.71 Å². The van der Waals surface area contributed by atoms with Crippen molar-refractivity contribution in [1.82, 2.24) is 19.6 Å². The molecule has 3 aromatic carbocycles. The third-order valence-corrected chi connectivity index (χ3v) is 8.25. The molecule has 5 heteroatoms. The Bertz CT molecular complexity index is 2270. The average molecular weight is 519 g/mol. The molecule has 5 nitrogen and oxygen atoms in total. The Morgan fingerprint density at radius 2 is 1.45 bits per heavy atom. The van der Waals surface area contributed by atoms with Crippen LogP contribution in [-0.4, -0.2) is 19.6 Å². The van der Waals surface area contributed by atoms with Crippen LogP contribution in [0.4, 0.5) is 0 Å². The van der Waals surface area contributed by atoms with Crippen molar-refractivity contribution in [2.75, 3.05) is 0 Å². The molecule has 0 bridgehead atoms. The lowest BCUT2D eigenvalue weighted by Gasteiger charge is -2.26. The summed E-state index contributed by atoms with van der Waals surface area (Å²) in [6.45, 7) is 6.44. The van der Waals surface area contributed by atoms with E-state index in [4.69, 9.17) is 9.40 Å². The zero-order valence-electron chi connectivity index (χ0n) is 22.5. The molecule has 0 amide bonds. The highest BCUT2D eigenvalue weighted by Gasteiger charge is 2.27. The maximum atomic E-state index is 6.28. The zero-order chi connectivity index (χ0) is 27.0. The van der Waals surface area contributed by atoms with Crippen molar-refractivity contribution >= 4 is 49.3 Å². The van der Waals surface area contributed by atoms with Crippen molar-refractivity contribution in [3.05, 3.63) is 120 Å². The minimum absolute atomic E-state index is 0.351. The van der Waals surface area contributed by atoms with Gasteiger partial charge >= 0.3 is 0 Å². The highest BCUT2D eigenvalue weighted by atomic mass is 16.3. The molecule has 8 rings (SSSR count). The van der Waals surface area contributed by atoms with E-state index in [-0.39, 0.29) is 5.41 Å². The number of fused-ring (bicyclic) bond motifs is 9. The number of furan rings is 1. The van der Waals surface area contributed by atoms with E-state index in [2.05, 4.69) is 119 Å². The number of aryl methyl sites for hydroxylation is 1. The Kier molecular flexibility index (Phi) is 4.72. The van der Waals surface area contributed by atoms with Gasteiger partial charge in [0.05, 0.1) is 28.6 Å². The second kappa shape index (κ2) is 8.23. The van der Waals surface area contributed by atoms with E-state index in [1.54, 1.807) is 0 Å². The van der Waals surface area contributed by atoms with Crippen LogP contribution in [0.1, 0.15) is 30.8 Å². The lowest BCUT2D eigenvalue weighted by Crippen LogP contribution is -2.21. The molecule has 0 saturated heterocycles. The molecule has 192 valence electrons. The normalized spacial score (nSPS) is 12.4. The minimum Gasteiger partial charge on any atom is -0.437 e. The highest BCUT2D eigenvalue weighted by molar-refractivity contribution is 6.12. The fourth-order valence-electron chi connectivity index (χ4n) is 6.02. The first-order chi connectivity index (χ1) is 19.5. The van der Waals surface area contributed by atoms with Gasteiger partial charge in [-0.25, -0.2) is 9.50 Å². The van der Waals surface area contributed by atoms with Crippen molar-refractivity contribution in [1.29, 1.82) is 0 Å². The van der Waals surface area contributed by atoms with Gasteiger partial charge in [0, 0.05) is 38.2 Å². The molecule has 40 heavy (non-hydrogen) atoms. The van der Waals surface area contributed by atoms with Crippen LogP contribution in [0.3, 0.4) is 0 Å². The molecule has 0 aliphatic carbocycles. The third-order valence-electron chi connectivity index (χ3n) is 8.25. The quantitative estimate of drug-likeness (QED) is 0.220. The standard InChI is InChI=1S/C35H26N4O/c1-21-14-16-27-26-10-6-11-28(33(26)40-34(27)37-21)29-12-7-13-32(38-29)35(2,3)22-15-17-25-23-8-4-5-9-24(23)30-18-19-36-39(30)31(25)20-22/h4-20H,1-3H3. The van der Waals surface area contributed by atoms with Crippen LogP contribution in [0.2, 0.25) is 0 Å². The second-order valence-corrected chi connectivity index (χ2v) is 11.0. The number of rotatable bonds is 3. The van der Waals surface area contributed by atoms with Crippen LogP contribution >= 0.6 is 0 Å². The summed E-state index contributed by atoms with van der Waals surface area (Å²) in [6, 6.07) is 33.9. The molecule has 0 unspecified atom stereocenters. The van der Waals surface area contributed by atoms with E-state index >= 15 is 0 Å². The Morgan fingerprint density at radius 3 is 2.35 bits per heavy atom. The van der Waals surface area contributed by atoms with Gasteiger partial charge in [-0.3, -0.25) is 4.98 Å². The fraction of sp³-hybridized carbons (Fsp3) is 0.114. The Labute approximate surface area is 230 Å². The van der Waals surface area contributed by atoms with Crippen LogP contribution in [0.15, 0.2) is 108 Å². The molecule has 8 aromatic rings. The lowest BCUT2D eigenvalue weighted by atomic mass is 9.80. The molecule has 0 N–H and O–H groups in total. The van der Waals surface area contributed by atoms with Crippen molar-refractivity contribution in [2.24, 2.45) is 0 Å². The summed E-state index contributed by atoms with van der Waals surface area (Å²) in [4.78, 5) is 9.82. The summed E-state index contributed by atoms with van der Waals surface area (Å²) in [5.74, 6) is 0. The molecule has 5 heterocycles. The van der Waals surface area contributed by atoms with E-state index in [0.29, 0.717) is 5.71 Å². The molecule has 0 saturated carbocycles. The summed E-state index contributed by atoms with van der Waals surface area (Å²) < 4.78 is 8.34. The molecular weight excluding hydrogens is 492 g/mol. The second-order valence-electron chi connectivity index (χ2n) is 11.0. The Morgan fingerprint density at radius 1 is 0.675 bits per heavy atom. The first-order valence-electron chi connectivity index (χ1n) is 13.5. The number of aromatic nitrogens is 4. The highest BCUT2D eigenvalue weighted by Crippen LogP contribution is 2.38. The third kappa shape index (κ3) is 3.24. The maximum Gasteiger partial charge on any atom is 0.227 e. The predicted molar refractivity (Wildman–Crippen MR) is 162 cm³/mol. The van der Waals surface area contributed by atoms with Gasteiger partial charge in [-0.2, -0.15) is 5.10 Å². The monoisotopic (exact) mass is 518 g/mol. The van der Waals surface area contributed by atoms with E-state index in [9.17, 15) is 0 Å². The smallest absolute Gasteiger partial charge is 0.227 e. The molecule has 5 aromatic heterocycles. The first-order valence-corrected chi connectivity index (χ1v) is 13.5. The summed E-state index contributed by atoms with van der Waals surface area (Å²) in [7, 11) is 0. The Balaban J connectivity index is 1.29. The number of hydrogen-bond donors (Lipinski definition) is 0. The lowest BCUT2D eigenvalue weighted by molar-refractivity contribution is 0.618. The fourth-order valence-corrected chi connectivity index (χ4v) is 6.02. The van der Waals surface area contributed by atoms with Gasteiger partial charge in [-0.15, -0.1) is 0 Å². The van der Waals surface area contributed by atoms with Gasteiger partial charge in [0.15, 0.2) is 0 Å². The van der Waals surface area contributed by atoms with E-state index in [1.165, 1.54) is 21.7 Å². The van der Waals surface area contributed by atoms with Gasteiger partial charge < -0.3 is 4.42 Å². The van der Waals surface area contributed by atoms with Crippen molar-refractivity contribution in [3.63, 3.8) is 0 Å². The van der Waals surface area contributed by atoms with E-state index in [1.807, 2.05) is 19.2 Å². The van der Waals surface area contributed by atoms with Crippen molar-refractivity contribution in [3.8, 4) is 11.3 Å². The minimum atomic E-state index is -0.351. The number of benzene rings is 3. The van der Waals surface area contributed by atoms with Gasteiger partial charge in [-0.1, -0.05) is 68.4 Å². The molecule has 0 aliphatic rings. The van der Waals surface area contributed by atoms with Gasteiger partial charge in [-0.05, 0) is 60.3 Å². The number of para-hydroxylation sites is 1. The van der Waals surface area contributed by atoms with Crippen LogP contribution in [0.5, 0.6) is 0 Å². The molecule has 0 spiro atoms. The summed E-state index contributed by atoms with van der Waals surface area (Å²) in [6.07, 6.45) is 1.87. The predicted octanol–water partition coefficient (Wildman–Crippen LogP) is 8.63. The zero-order valence-corrected chi connectivity index (χ0v) is 22.5. The molecule has 0 atom stereocenters. The van der Waals surface area contributed by atoms with Gasteiger partial charge in [0.1, 0.15) is 5.58 Å². The molecule has 0 radical (unpaired) electrons. The SMILES string of the molecule is Cc1ccc2c(n1)oc1c(-c3cccc(C(C)(C)c4ccc5c6ccccc6c6ccnn6c5c4)n3)cccc12. The van der Waals surface area contributed by atoms with E-state index in [0.717, 1.165) is 50.0 Å². The summed E-state index contributed by atoms with van der Waals surface area (Å²) >= 11 is 0. The number of hydrogen-bond acceptors (Lipinski definition) is 4. The number of nitrogens with zero attached hydrogens (tertiary/aromatic N) is 4. The number of pyridine rings is 3.